The fourth-order valence-electron chi connectivity index (χ4n) is 1.76. The van der Waals surface area contributed by atoms with Crippen molar-refractivity contribution >= 4 is 27.5 Å². The first-order valence-electron chi connectivity index (χ1n) is 5.28. The predicted molar refractivity (Wildman–Crippen MR) is 74.7 cm³/mol. The van der Waals surface area contributed by atoms with Crippen molar-refractivity contribution in [1.82, 2.24) is 5.43 Å². The number of hydrazine groups is 1. The van der Waals surface area contributed by atoms with Gasteiger partial charge in [-0.15, -0.1) is 0 Å². The standard InChI is InChI=1S/C13H11BrClFN2/c14-12-6-3-9(15)7-11(12)13(18-17)8-1-4-10(16)5-2-8/h1-7,13,18H,17H2. The Morgan fingerprint density at radius 1 is 1.17 bits per heavy atom. The second-order valence-electron chi connectivity index (χ2n) is 3.82. The summed E-state index contributed by atoms with van der Waals surface area (Å²) in [6, 6.07) is 11.4. The van der Waals surface area contributed by atoms with E-state index >= 15 is 0 Å². The minimum atomic E-state index is -0.278. The van der Waals surface area contributed by atoms with Crippen LogP contribution in [0.5, 0.6) is 0 Å². The van der Waals surface area contributed by atoms with Gasteiger partial charge in [-0.3, -0.25) is 5.84 Å². The summed E-state index contributed by atoms with van der Waals surface area (Å²) >= 11 is 9.44. The maximum Gasteiger partial charge on any atom is 0.123 e. The highest BCUT2D eigenvalue weighted by Crippen LogP contribution is 2.30. The molecule has 2 aromatic carbocycles. The van der Waals surface area contributed by atoms with Gasteiger partial charge in [0.25, 0.3) is 0 Å². The molecule has 3 N–H and O–H groups in total. The van der Waals surface area contributed by atoms with Crippen LogP contribution in [-0.4, -0.2) is 0 Å². The molecule has 0 bridgehead atoms. The van der Waals surface area contributed by atoms with E-state index in [0.717, 1.165) is 15.6 Å². The van der Waals surface area contributed by atoms with Crippen LogP contribution in [0.4, 0.5) is 4.39 Å². The average molecular weight is 330 g/mol. The molecule has 1 unspecified atom stereocenters. The van der Waals surface area contributed by atoms with E-state index in [1.165, 1.54) is 12.1 Å². The Morgan fingerprint density at radius 3 is 2.44 bits per heavy atom. The molecule has 2 rings (SSSR count). The van der Waals surface area contributed by atoms with Crippen LogP contribution in [-0.2, 0) is 0 Å². The monoisotopic (exact) mass is 328 g/mol. The largest absolute Gasteiger partial charge is 0.271 e. The summed E-state index contributed by atoms with van der Waals surface area (Å²) in [5.41, 5.74) is 4.47. The Labute approximate surface area is 118 Å². The van der Waals surface area contributed by atoms with Gasteiger partial charge in [0.2, 0.25) is 0 Å². The summed E-state index contributed by atoms with van der Waals surface area (Å²) in [6.07, 6.45) is 0. The molecule has 2 nitrogen and oxygen atoms in total. The van der Waals surface area contributed by atoms with Crippen LogP contribution < -0.4 is 11.3 Å². The molecule has 94 valence electrons. The Hall–Kier alpha value is -0.940. The lowest BCUT2D eigenvalue weighted by atomic mass is 9.99. The van der Waals surface area contributed by atoms with Crippen LogP contribution in [0.25, 0.3) is 0 Å². The van der Waals surface area contributed by atoms with Crippen LogP contribution in [0.15, 0.2) is 46.9 Å². The van der Waals surface area contributed by atoms with Crippen molar-refractivity contribution in [2.75, 3.05) is 0 Å². The number of hydrogen-bond acceptors (Lipinski definition) is 2. The summed E-state index contributed by atoms with van der Waals surface area (Å²) in [6.45, 7) is 0. The van der Waals surface area contributed by atoms with E-state index < -0.39 is 0 Å². The second kappa shape index (κ2) is 5.80. The number of rotatable bonds is 3. The zero-order valence-electron chi connectivity index (χ0n) is 9.33. The molecule has 0 aliphatic heterocycles. The molecular weight excluding hydrogens is 319 g/mol. The third-order valence-corrected chi connectivity index (χ3v) is 3.60. The van der Waals surface area contributed by atoms with Gasteiger partial charge in [-0.2, -0.15) is 0 Å². The smallest absolute Gasteiger partial charge is 0.123 e. The number of halogens is 3. The molecule has 2 aromatic rings. The molecule has 5 heteroatoms. The van der Waals surface area contributed by atoms with Gasteiger partial charge >= 0.3 is 0 Å². The molecule has 0 fully saturated rings. The molecular formula is C13H11BrClFN2. The van der Waals surface area contributed by atoms with Crippen molar-refractivity contribution in [3.05, 3.63) is 68.9 Å². The highest BCUT2D eigenvalue weighted by atomic mass is 79.9. The lowest BCUT2D eigenvalue weighted by Crippen LogP contribution is -2.29. The number of nitrogens with one attached hydrogen (secondary N) is 1. The molecule has 18 heavy (non-hydrogen) atoms. The highest BCUT2D eigenvalue weighted by Gasteiger charge is 2.15. The molecule has 0 saturated carbocycles. The first kappa shape index (κ1) is 13.5. The molecule has 1 atom stereocenters. The minimum absolute atomic E-state index is 0.251. The minimum Gasteiger partial charge on any atom is -0.271 e. The van der Waals surface area contributed by atoms with Gasteiger partial charge in [-0.1, -0.05) is 39.7 Å². The number of hydrogen-bond donors (Lipinski definition) is 2. The fraction of sp³-hybridized carbons (Fsp3) is 0.0769. The van der Waals surface area contributed by atoms with Gasteiger partial charge in [0.05, 0.1) is 6.04 Å². The molecule has 0 heterocycles. The van der Waals surface area contributed by atoms with Crippen LogP contribution in [0.3, 0.4) is 0 Å². The normalized spacial score (nSPS) is 12.4. The Morgan fingerprint density at radius 2 is 1.83 bits per heavy atom. The first-order valence-corrected chi connectivity index (χ1v) is 6.45. The third-order valence-electron chi connectivity index (χ3n) is 2.64. The maximum absolute atomic E-state index is 12.9. The van der Waals surface area contributed by atoms with Gasteiger partial charge < -0.3 is 0 Å². The summed E-state index contributed by atoms with van der Waals surface area (Å²) in [5, 5.41) is 0.621. The summed E-state index contributed by atoms with van der Waals surface area (Å²) in [4.78, 5) is 0. The Kier molecular flexibility index (Phi) is 4.35. The van der Waals surface area contributed by atoms with Gasteiger partial charge in [-0.25, -0.2) is 9.82 Å². The van der Waals surface area contributed by atoms with E-state index in [2.05, 4.69) is 21.4 Å². The fourth-order valence-corrected chi connectivity index (χ4v) is 2.41. The van der Waals surface area contributed by atoms with E-state index in [4.69, 9.17) is 17.4 Å². The molecule has 0 aliphatic rings. The highest BCUT2D eigenvalue weighted by molar-refractivity contribution is 9.10. The van der Waals surface area contributed by atoms with Crippen molar-refractivity contribution in [2.45, 2.75) is 6.04 Å². The molecule has 0 amide bonds. The van der Waals surface area contributed by atoms with Gasteiger partial charge in [0.1, 0.15) is 5.82 Å². The number of nitrogens with two attached hydrogens (primary N) is 1. The third kappa shape index (κ3) is 2.90. The van der Waals surface area contributed by atoms with E-state index in [1.807, 2.05) is 12.1 Å². The topological polar surface area (TPSA) is 38.0 Å². The number of benzene rings is 2. The zero-order chi connectivity index (χ0) is 13.1. The molecule has 0 spiro atoms. The van der Waals surface area contributed by atoms with Crippen LogP contribution in [0, 0.1) is 5.82 Å². The summed E-state index contributed by atoms with van der Waals surface area (Å²) < 4.78 is 13.8. The quantitative estimate of drug-likeness (QED) is 0.664. The van der Waals surface area contributed by atoms with Gasteiger partial charge in [0, 0.05) is 9.50 Å². The predicted octanol–water partition coefficient (Wildman–Crippen LogP) is 3.79. The molecule has 0 aromatic heterocycles. The first-order chi connectivity index (χ1) is 8.61. The van der Waals surface area contributed by atoms with Crippen molar-refractivity contribution in [1.29, 1.82) is 0 Å². The maximum atomic E-state index is 12.9. The van der Waals surface area contributed by atoms with Crippen LogP contribution >= 0.6 is 27.5 Å². The summed E-state index contributed by atoms with van der Waals surface area (Å²) in [7, 11) is 0. The lowest BCUT2D eigenvalue weighted by molar-refractivity contribution is 0.614. The van der Waals surface area contributed by atoms with E-state index in [-0.39, 0.29) is 11.9 Å². The van der Waals surface area contributed by atoms with Crippen molar-refractivity contribution in [3.8, 4) is 0 Å². The molecule has 0 aliphatic carbocycles. The van der Waals surface area contributed by atoms with E-state index in [9.17, 15) is 4.39 Å². The molecule has 0 saturated heterocycles. The average Bonchev–Trinajstić information content (AvgIpc) is 2.37. The van der Waals surface area contributed by atoms with E-state index in [1.54, 1.807) is 18.2 Å². The van der Waals surface area contributed by atoms with Crippen molar-refractivity contribution in [3.63, 3.8) is 0 Å². The van der Waals surface area contributed by atoms with Crippen molar-refractivity contribution in [2.24, 2.45) is 5.84 Å². The SMILES string of the molecule is NNC(c1ccc(F)cc1)c1cc(Cl)ccc1Br. The molecule has 0 radical (unpaired) electrons. The van der Waals surface area contributed by atoms with E-state index in [0.29, 0.717) is 5.02 Å². The summed E-state index contributed by atoms with van der Waals surface area (Å²) in [5.74, 6) is 5.31. The Balaban J connectivity index is 2.44. The lowest BCUT2D eigenvalue weighted by Gasteiger charge is -2.18. The zero-order valence-corrected chi connectivity index (χ0v) is 11.7. The Bertz CT molecular complexity index is 545. The van der Waals surface area contributed by atoms with Crippen LogP contribution in [0.2, 0.25) is 5.02 Å². The van der Waals surface area contributed by atoms with Crippen molar-refractivity contribution < 1.29 is 4.39 Å². The van der Waals surface area contributed by atoms with Gasteiger partial charge in [0.15, 0.2) is 0 Å². The van der Waals surface area contributed by atoms with Crippen LogP contribution in [0.1, 0.15) is 17.2 Å². The second-order valence-corrected chi connectivity index (χ2v) is 5.11. The van der Waals surface area contributed by atoms with Gasteiger partial charge in [-0.05, 0) is 41.5 Å².